The lowest BCUT2D eigenvalue weighted by molar-refractivity contribution is 0.104. The normalized spacial score (nSPS) is 10.9. The standard InChI is InChI=1S/C21H19ClN2O4/c1-26-19-10-14(11-20(27-2)21(19)28-3)18(25)9-8-16-12-17(24-23-16)13-4-6-15(22)7-5-13/h4-12H,1-3H3,(H,23,24). The summed E-state index contributed by atoms with van der Waals surface area (Å²) < 4.78 is 15.8. The SMILES string of the molecule is COc1cc(C(=O)C=Cc2cc(-c3ccc(Cl)cc3)n[nH]2)cc(OC)c1OC. The fraction of sp³-hybridized carbons (Fsp3) is 0.143. The number of benzene rings is 2. The number of hydrogen-bond acceptors (Lipinski definition) is 5. The molecule has 0 fully saturated rings. The summed E-state index contributed by atoms with van der Waals surface area (Å²) in [6, 6.07) is 12.4. The molecule has 28 heavy (non-hydrogen) atoms. The molecule has 3 rings (SSSR count). The monoisotopic (exact) mass is 398 g/mol. The van der Waals surface area contributed by atoms with E-state index in [1.807, 2.05) is 18.2 Å². The van der Waals surface area contributed by atoms with Gasteiger partial charge in [-0.15, -0.1) is 0 Å². The molecule has 0 saturated carbocycles. The Morgan fingerprint density at radius 1 is 1.00 bits per heavy atom. The predicted octanol–water partition coefficient (Wildman–Crippen LogP) is 4.65. The van der Waals surface area contributed by atoms with Crippen LogP contribution in [-0.2, 0) is 0 Å². The first-order valence-corrected chi connectivity index (χ1v) is 8.77. The third-order valence-corrected chi connectivity index (χ3v) is 4.35. The summed E-state index contributed by atoms with van der Waals surface area (Å²) in [7, 11) is 4.52. The minimum absolute atomic E-state index is 0.207. The van der Waals surface area contributed by atoms with Crippen LogP contribution in [0.5, 0.6) is 17.2 Å². The number of methoxy groups -OCH3 is 3. The molecule has 0 radical (unpaired) electrons. The number of nitrogens with zero attached hydrogens (tertiary/aromatic N) is 1. The first-order valence-electron chi connectivity index (χ1n) is 8.39. The molecule has 0 aliphatic carbocycles. The number of H-pyrrole nitrogens is 1. The van der Waals surface area contributed by atoms with E-state index in [0.29, 0.717) is 33.5 Å². The Kier molecular flexibility index (Phi) is 6.01. The molecule has 1 aromatic heterocycles. The maximum absolute atomic E-state index is 12.6. The highest BCUT2D eigenvalue weighted by atomic mass is 35.5. The van der Waals surface area contributed by atoms with Crippen LogP contribution in [0, 0.1) is 0 Å². The van der Waals surface area contributed by atoms with E-state index in [4.69, 9.17) is 25.8 Å². The molecule has 0 amide bonds. The van der Waals surface area contributed by atoms with Crippen LogP contribution in [0.4, 0.5) is 0 Å². The lowest BCUT2D eigenvalue weighted by atomic mass is 10.1. The zero-order chi connectivity index (χ0) is 20.1. The molecule has 0 bridgehead atoms. The number of carbonyl (C=O) groups is 1. The van der Waals surface area contributed by atoms with E-state index < -0.39 is 0 Å². The number of rotatable bonds is 7. The fourth-order valence-corrected chi connectivity index (χ4v) is 2.80. The van der Waals surface area contributed by atoms with E-state index in [2.05, 4.69) is 10.2 Å². The van der Waals surface area contributed by atoms with Crippen molar-refractivity contribution < 1.29 is 19.0 Å². The fourth-order valence-electron chi connectivity index (χ4n) is 2.68. The van der Waals surface area contributed by atoms with Gasteiger partial charge in [0.15, 0.2) is 17.3 Å². The second-order valence-electron chi connectivity index (χ2n) is 5.83. The topological polar surface area (TPSA) is 73.4 Å². The number of allylic oxidation sites excluding steroid dienone is 1. The average Bonchev–Trinajstić information content (AvgIpc) is 3.20. The number of ether oxygens (including phenoxy) is 3. The number of nitrogens with one attached hydrogen (secondary N) is 1. The lowest BCUT2D eigenvalue weighted by Crippen LogP contribution is -2.00. The predicted molar refractivity (Wildman–Crippen MR) is 108 cm³/mol. The Bertz CT molecular complexity index is 984. The molecule has 0 atom stereocenters. The van der Waals surface area contributed by atoms with Crippen molar-refractivity contribution in [2.24, 2.45) is 0 Å². The van der Waals surface area contributed by atoms with E-state index in [9.17, 15) is 4.79 Å². The van der Waals surface area contributed by atoms with Crippen LogP contribution in [0.25, 0.3) is 17.3 Å². The molecule has 0 aliphatic rings. The van der Waals surface area contributed by atoms with Crippen molar-refractivity contribution in [3.63, 3.8) is 0 Å². The van der Waals surface area contributed by atoms with Crippen molar-refractivity contribution in [2.75, 3.05) is 21.3 Å². The quantitative estimate of drug-likeness (QED) is 0.463. The van der Waals surface area contributed by atoms with Gasteiger partial charge in [0, 0.05) is 16.1 Å². The molecule has 1 N–H and O–H groups in total. The van der Waals surface area contributed by atoms with Gasteiger partial charge in [0.25, 0.3) is 0 Å². The minimum Gasteiger partial charge on any atom is -0.493 e. The zero-order valence-electron chi connectivity index (χ0n) is 15.7. The van der Waals surface area contributed by atoms with Crippen LogP contribution in [-0.4, -0.2) is 37.3 Å². The van der Waals surface area contributed by atoms with Crippen LogP contribution in [0.1, 0.15) is 16.1 Å². The van der Waals surface area contributed by atoms with Crippen LogP contribution < -0.4 is 14.2 Å². The van der Waals surface area contributed by atoms with Crippen LogP contribution in [0.3, 0.4) is 0 Å². The Morgan fingerprint density at radius 2 is 1.64 bits per heavy atom. The van der Waals surface area contributed by atoms with E-state index in [0.717, 1.165) is 11.3 Å². The molecule has 0 unspecified atom stereocenters. The number of carbonyl (C=O) groups excluding carboxylic acids is 1. The van der Waals surface area contributed by atoms with E-state index in [1.54, 1.807) is 30.3 Å². The maximum atomic E-state index is 12.6. The highest BCUT2D eigenvalue weighted by Gasteiger charge is 2.15. The van der Waals surface area contributed by atoms with Gasteiger partial charge in [0.1, 0.15) is 0 Å². The molecule has 0 saturated heterocycles. The average molecular weight is 399 g/mol. The highest BCUT2D eigenvalue weighted by molar-refractivity contribution is 6.30. The van der Waals surface area contributed by atoms with Crippen LogP contribution in [0.2, 0.25) is 5.02 Å². The van der Waals surface area contributed by atoms with Crippen LogP contribution in [0.15, 0.2) is 48.5 Å². The minimum atomic E-state index is -0.207. The first-order chi connectivity index (χ1) is 13.5. The molecule has 1 heterocycles. The second kappa shape index (κ2) is 8.63. The van der Waals surface area contributed by atoms with Gasteiger partial charge in [-0.25, -0.2) is 0 Å². The van der Waals surface area contributed by atoms with Gasteiger partial charge in [-0.1, -0.05) is 23.7 Å². The molecule has 6 nitrogen and oxygen atoms in total. The summed E-state index contributed by atoms with van der Waals surface area (Å²) in [5.41, 5.74) is 2.81. The number of halogens is 1. The van der Waals surface area contributed by atoms with E-state index in [1.165, 1.54) is 27.4 Å². The van der Waals surface area contributed by atoms with Gasteiger partial charge in [-0.3, -0.25) is 9.89 Å². The molecule has 3 aromatic rings. The summed E-state index contributed by atoms with van der Waals surface area (Å²) in [6.45, 7) is 0. The Hall–Kier alpha value is -3.25. The number of hydrogen-bond donors (Lipinski definition) is 1. The number of aromatic nitrogens is 2. The maximum Gasteiger partial charge on any atom is 0.203 e. The van der Waals surface area contributed by atoms with Gasteiger partial charge in [0.2, 0.25) is 5.75 Å². The summed E-state index contributed by atoms with van der Waals surface area (Å²) in [5, 5.41) is 7.82. The Balaban J connectivity index is 1.81. The van der Waals surface area contributed by atoms with Gasteiger partial charge >= 0.3 is 0 Å². The van der Waals surface area contributed by atoms with Crippen LogP contribution >= 0.6 is 11.6 Å². The molecule has 0 spiro atoms. The van der Waals surface area contributed by atoms with Gasteiger partial charge in [0.05, 0.1) is 32.7 Å². The summed E-state index contributed by atoms with van der Waals surface area (Å²) in [5.74, 6) is 1.07. The summed E-state index contributed by atoms with van der Waals surface area (Å²) >= 11 is 5.91. The second-order valence-corrected chi connectivity index (χ2v) is 6.26. The largest absolute Gasteiger partial charge is 0.493 e. The van der Waals surface area contributed by atoms with Gasteiger partial charge in [-0.05, 0) is 42.5 Å². The number of aromatic amines is 1. The smallest absolute Gasteiger partial charge is 0.203 e. The Labute approximate surface area is 167 Å². The third-order valence-electron chi connectivity index (χ3n) is 4.10. The van der Waals surface area contributed by atoms with E-state index in [-0.39, 0.29) is 5.78 Å². The Morgan fingerprint density at radius 3 is 2.21 bits per heavy atom. The molecular weight excluding hydrogens is 380 g/mol. The zero-order valence-corrected chi connectivity index (χ0v) is 16.4. The van der Waals surface area contributed by atoms with E-state index >= 15 is 0 Å². The van der Waals surface area contributed by atoms with Gasteiger partial charge < -0.3 is 14.2 Å². The molecule has 144 valence electrons. The third kappa shape index (κ3) is 4.18. The van der Waals surface area contributed by atoms with Crippen molar-refractivity contribution in [2.45, 2.75) is 0 Å². The molecule has 7 heteroatoms. The molecular formula is C21H19ClN2O4. The summed E-state index contributed by atoms with van der Waals surface area (Å²) in [4.78, 5) is 12.6. The summed E-state index contributed by atoms with van der Waals surface area (Å²) in [6.07, 6.45) is 3.12. The first kappa shape index (κ1) is 19.5. The number of ketones is 1. The van der Waals surface area contributed by atoms with Crippen molar-refractivity contribution in [1.82, 2.24) is 10.2 Å². The molecule has 2 aromatic carbocycles. The lowest BCUT2D eigenvalue weighted by Gasteiger charge is -2.13. The van der Waals surface area contributed by atoms with Crippen molar-refractivity contribution in [3.05, 3.63) is 64.8 Å². The van der Waals surface area contributed by atoms with Crippen molar-refractivity contribution >= 4 is 23.5 Å². The van der Waals surface area contributed by atoms with Gasteiger partial charge in [-0.2, -0.15) is 5.10 Å². The van der Waals surface area contributed by atoms with Crippen molar-refractivity contribution in [1.29, 1.82) is 0 Å². The van der Waals surface area contributed by atoms with Crippen molar-refractivity contribution in [3.8, 4) is 28.5 Å². The molecule has 0 aliphatic heterocycles. The highest BCUT2D eigenvalue weighted by Crippen LogP contribution is 2.38.